The molecule has 24 heavy (non-hydrogen) atoms. The summed E-state index contributed by atoms with van der Waals surface area (Å²) in [6, 6.07) is 4.20. The number of unbranched alkanes of at least 4 members (excludes halogenated alkanes) is 2. The quantitative estimate of drug-likeness (QED) is 0.576. The van der Waals surface area contributed by atoms with Crippen LogP contribution in [-0.2, 0) is 4.74 Å². The molecule has 130 valence electrons. The number of ether oxygens (including phenoxy) is 1. The Labute approximate surface area is 143 Å². The van der Waals surface area contributed by atoms with Gasteiger partial charge in [0.1, 0.15) is 5.56 Å². The van der Waals surface area contributed by atoms with Crippen molar-refractivity contribution in [3.63, 3.8) is 0 Å². The molecule has 0 fully saturated rings. The van der Waals surface area contributed by atoms with E-state index in [1.807, 2.05) is 0 Å². The second-order valence-corrected chi connectivity index (χ2v) is 6.01. The third kappa shape index (κ3) is 4.23. The van der Waals surface area contributed by atoms with Crippen LogP contribution < -0.4 is 10.3 Å². The number of aliphatic hydroxyl groups is 1. The lowest BCUT2D eigenvalue weighted by Crippen LogP contribution is -2.17. The van der Waals surface area contributed by atoms with E-state index in [2.05, 4.69) is 36.3 Å². The number of carbonyl (C=O) groups is 1. The molecule has 5 heteroatoms. The zero-order chi connectivity index (χ0) is 17.5. The molecule has 0 saturated carbocycles. The second kappa shape index (κ2) is 8.64. The first-order chi connectivity index (χ1) is 11.6. The molecule has 5 nitrogen and oxygen atoms in total. The molecular weight excluding hydrogens is 304 g/mol. The van der Waals surface area contributed by atoms with E-state index in [1.165, 1.54) is 0 Å². The highest BCUT2D eigenvalue weighted by Gasteiger charge is 2.21. The lowest BCUT2D eigenvalue weighted by molar-refractivity contribution is -0.345. The van der Waals surface area contributed by atoms with Gasteiger partial charge < -0.3 is 15.2 Å². The van der Waals surface area contributed by atoms with Crippen molar-refractivity contribution < 1.29 is 19.6 Å². The number of rotatable bonds is 8. The molecule has 1 aromatic heterocycles. The van der Waals surface area contributed by atoms with Crippen molar-refractivity contribution in [1.82, 2.24) is 0 Å². The van der Waals surface area contributed by atoms with Crippen LogP contribution in [0.15, 0.2) is 18.3 Å². The van der Waals surface area contributed by atoms with Gasteiger partial charge >= 0.3 is 5.97 Å². The van der Waals surface area contributed by atoms with Crippen molar-refractivity contribution >= 4 is 22.6 Å². The van der Waals surface area contributed by atoms with Crippen molar-refractivity contribution in [2.24, 2.45) is 0 Å². The minimum absolute atomic E-state index is 0.218. The summed E-state index contributed by atoms with van der Waals surface area (Å²) in [5, 5.41) is 13.3. The molecule has 2 aromatic rings. The topological polar surface area (TPSA) is 72.7 Å². The smallest absolute Gasteiger partial charge is 0.346 e. The Kier molecular flexibility index (Phi) is 6.55. The number of aliphatic hydroxyl groups excluding tert-OH is 1. The molecule has 2 rings (SSSR count). The van der Waals surface area contributed by atoms with Crippen molar-refractivity contribution in [3.05, 3.63) is 35.0 Å². The Morgan fingerprint density at radius 1 is 1.25 bits per heavy atom. The molecule has 3 N–H and O–H groups in total. The maximum atomic E-state index is 12.3. The van der Waals surface area contributed by atoms with E-state index < -0.39 is 0 Å². The summed E-state index contributed by atoms with van der Waals surface area (Å²) in [5.74, 6) is -0.326. The van der Waals surface area contributed by atoms with Crippen LogP contribution in [0.5, 0.6) is 0 Å². The van der Waals surface area contributed by atoms with Crippen LogP contribution in [0.25, 0.3) is 10.9 Å². The number of hydrogen-bond donors (Lipinski definition) is 2. The maximum absolute atomic E-state index is 12.3. The number of benzene rings is 1. The minimum atomic E-state index is -0.326. The largest absolute Gasteiger partial charge is 0.462 e. The van der Waals surface area contributed by atoms with Crippen molar-refractivity contribution in [1.29, 1.82) is 0 Å². The fraction of sp³-hybridized carbons (Fsp3) is 0.474. The first kappa shape index (κ1) is 18.2. The summed E-state index contributed by atoms with van der Waals surface area (Å²) in [5.41, 5.74) is 4.66. The van der Waals surface area contributed by atoms with Gasteiger partial charge in [-0.1, -0.05) is 0 Å². The Morgan fingerprint density at radius 2 is 2.04 bits per heavy atom. The Balaban J connectivity index is 2.40. The van der Waals surface area contributed by atoms with E-state index in [0.717, 1.165) is 53.5 Å². The Morgan fingerprint density at radius 3 is 2.75 bits per heavy atom. The van der Waals surface area contributed by atoms with E-state index in [9.17, 15) is 4.79 Å². The number of esters is 1. The third-order valence-corrected chi connectivity index (χ3v) is 4.01. The summed E-state index contributed by atoms with van der Waals surface area (Å²) in [4.78, 5) is 15.5. The Hall–Kier alpha value is -2.14. The van der Waals surface area contributed by atoms with Crippen LogP contribution in [0.4, 0.5) is 5.69 Å². The molecule has 0 aliphatic rings. The van der Waals surface area contributed by atoms with E-state index in [0.29, 0.717) is 12.2 Å². The molecular formula is C19H27N2O3+. The number of hydrogen-bond acceptors (Lipinski definition) is 4. The van der Waals surface area contributed by atoms with Gasteiger partial charge in [-0.25, -0.2) is 9.78 Å². The highest BCUT2D eigenvalue weighted by Crippen LogP contribution is 2.28. The molecule has 0 saturated heterocycles. The highest BCUT2D eigenvalue weighted by atomic mass is 16.5. The van der Waals surface area contributed by atoms with Crippen molar-refractivity contribution in [3.8, 4) is 0 Å². The number of anilines is 1. The average Bonchev–Trinajstić information content (AvgIpc) is 2.54. The van der Waals surface area contributed by atoms with Gasteiger partial charge in [0.2, 0.25) is 5.52 Å². The van der Waals surface area contributed by atoms with Gasteiger partial charge in [0.05, 0.1) is 17.7 Å². The number of nitrogens with one attached hydrogen (secondary N) is 2. The lowest BCUT2D eigenvalue weighted by Gasteiger charge is -2.13. The molecule has 1 heterocycles. The predicted octanol–water partition coefficient (Wildman–Crippen LogP) is 3.02. The molecule has 0 bridgehead atoms. The van der Waals surface area contributed by atoms with E-state index in [-0.39, 0.29) is 12.6 Å². The number of aromatic nitrogens is 1. The van der Waals surface area contributed by atoms with Gasteiger partial charge in [-0.2, -0.15) is 0 Å². The van der Waals surface area contributed by atoms with E-state index in [4.69, 9.17) is 9.84 Å². The van der Waals surface area contributed by atoms with Crippen molar-refractivity contribution in [2.45, 2.75) is 40.0 Å². The molecule has 0 radical (unpaired) electrons. The highest BCUT2D eigenvalue weighted by molar-refractivity contribution is 6.04. The summed E-state index contributed by atoms with van der Waals surface area (Å²) in [6.45, 7) is 7.22. The zero-order valence-corrected chi connectivity index (χ0v) is 14.7. The third-order valence-electron chi connectivity index (χ3n) is 4.01. The van der Waals surface area contributed by atoms with Gasteiger partial charge in [0.25, 0.3) is 0 Å². The Bertz CT molecular complexity index is 713. The van der Waals surface area contributed by atoms with Crippen LogP contribution in [0.1, 0.15) is 47.7 Å². The first-order valence-corrected chi connectivity index (χ1v) is 8.56. The summed E-state index contributed by atoms with van der Waals surface area (Å²) in [7, 11) is 0. The van der Waals surface area contributed by atoms with Gasteiger partial charge in [-0.05, 0) is 57.7 Å². The van der Waals surface area contributed by atoms with Crippen LogP contribution in [0.2, 0.25) is 0 Å². The maximum Gasteiger partial charge on any atom is 0.346 e. The van der Waals surface area contributed by atoms with Crippen LogP contribution >= 0.6 is 0 Å². The second-order valence-electron chi connectivity index (χ2n) is 6.01. The molecule has 0 aliphatic carbocycles. The fourth-order valence-electron chi connectivity index (χ4n) is 2.91. The molecule has 0 aliphatic heterocycles. The number of fused-ring (bicyclic) bond motifs is 1. The van der Waals surface area contributed by atoms with Gasteiger partial charge in [0.15, 0.2) is 6.20 Å². The molecule has 0 unspecified atom stereocenters. The minimum Gasteiger partial charge on any atom is -0.462 e. The number of aryl methyl sites for hydroxylation is 2. The normalized spacial score (nSPS) is 10.8. The average molecular weight is 331 g/mol. The lowest BCUT2D eigenvalue weighted by atomic mass is 10.0. The molecule has 1 aromatic carbocycles. The number of H-pyrrole nitrogens is 1. The summed E-state index contributed by atoms with van der Waals surface area (Å²) < 4.78 is 5.19. The SMILES string of the molecule is CCOC(=O)c1c[nH+]c2c(C)cc(C)cc2c1NCCCCCO. The first-order valence-electron chi connectivity index (χ1n) is 8.56. The number of carbonyl (C=O) groups excluding carboxylic acids is 1. The zero-order valence-electron chi connectivity index (χ0n) is 14.7. The van der Waals surface area contributed by atoms with E-state index >= 15 is 0 Å². The van der Waals surface area contributed by atoms with Gasteiger partial charge in [-0.15, -0.1) is 0 Å². The van der Waals surface area contributed by atoms with E-state index in [1.54, 1.807) is 13.1 Å². The van der Waals surface area contributed by atoms with Crippen molar-refractivity contribution in [2.75, 3.05) is 25.1 Å². The van der Waals surface area contributed by atoms with Crippen LogP contribution in [-0.4, -0.2) is 30.8 Å². The summed E-state index contributed by atoms with van der Waals surface area (Å²) >= 11 is 0. The van der Waals surface area contributed by atoms with Gasteiger partial charge in [-0.3, -0.25) is 0 Å². The molecule has 0 amide bonds. The number of pyridine rings is 1. The fourth-order valence-corrected chi connectivity index (χ4v) is 2.91. The summed E-state index contributed by atoms with van der Waals surface area (Å²) in [6.07, 6.45) is 4.41. The van der Waals surface area contributed by atoms with Crippen LogP contribution in [0.3, 0.4) is 0 Å². The standard InChI is InChI=1S/C19H26N2O3/c1-4-24-19(23)16-12-21-17-14(3)10-13(2)11-15(17)18(16)20-8-6-5-7-9-22/h10-12,22H,4-9H2,1-3H3,(H,20,21)/p+1. The monoisotopic (exact) mass is 331 g/mol. The molecule has 0 atom stereocenters. The van der Waals surface area contributed by atoms with Crippen LogP contribution in [0, 0.1) is 13.8 Å². The van der Waals surface area contributed by atoms with Gasteiger partial charge in [0, 0.05) is 18.7 Å². The number of aromatic amines is 1. The molecule has 0 spiro atoms. The predicted molar refractivity (Wildman–Crippen MR) is 95.4 cm³/mol.